The van der Waals surface area contributed by atoms with Crippen LogP contribution < -0.4 is 4.74 Å². The zero-order valence-corrected chi connectivity index (χ0v) is 9.79. The van der Waals surface area contributed by atoms with Crippen molar-refractivity contribution in [3.63, 3.8) is 0 Å². The summed E-state index contributed by atoms with van der Waals surface area (Å²) >= 11 is 3.27. The highest BCUT2D eigenvalue weighted by atomic mass is 79.9. The summed E-state index contributed by atoms with van der Waals surface area (Å²) in [6.07, 6.45) is 7.43. The van der Waals surface area contributed by atoms with Gasteiger partial charge in [-0.15, -0.1) is 12.3 Å². The molecule has 0 saturated carbocycles. The van der Waals surface area contributed by atoms with E-state index in [-0.39, 0.29) is 0 Å². The molecule has 0 radical (unpaired) electrons. The number of carbonyl (C=O) groups is 1. The fourth-order valence-corrected chi connectivity index (χ4v) is 1.41. The lowest BCUT2D eigenvalue weighted by molar-refractivity contribution is 0.112. The van der Waals surface area contributed by atoms with E-state index in [9.17, 15) is 4.79 Å². The van der Waals surface area contributed by atoms with Crippen molar-refractivity contribution in [1.29, 1.82) is 0 Å². The van der Waals surface area contributed by atoms with Gasteiger partial charge in [0.1, 0.15) is 5.75 Å². The Labute approximate surface area is 97.8 Å². The molecule has 0 atom stereocenters. The van der Waals surface area contributed by atoms with Gasteiger partial charge >= 0.3 is 0 Å². The second kappa shape index (κ2) is 6.26. The quantitative estimate of drug-likeness (QED) is 0.465. The SMILES string of the molecule is C#CCCCOc1ccc(Br)c(C=O)c1. The average Bonchev–Trinajstić information content (AvgIpc) is 2.26. The second-order valence-electron chi connectivity index (χ2n) is 2.96. The molecule has 0 heterocycles. The molecule has 0 N–H and O–H groups in total. The summed E-state index contributed by atoms with van der Waals surface area (Å²) in [4.78, 5) is 10.6. The predicted octanol–water partition coefficient (Wildman–Crippen LogP) is 3.05. The lowest BCUT2D eigenvalue weighted by Gasteiger charge is -2.06. The zero-order chi connectivity index (χ0) is 11.1. The molecule has 0 amide bonds. The van der Waals surface area contributed by atoms with Gasteiger partial charge in [-0.2, -0.15) is 0 Å². The molecular formula is C12H11BrO2. The molecule has 1 aromatic carbocycles. The Kier molecular flexibility index (Phi) is 4.92. The van der Waals surface area contributed by atoms with Crippen LogP contribution in [0.4, 0.5) is 0 Å². The van der Waals surface area contributed by atoms with Crippen molar-refractivity contribution in [2.45, 2.75) is 12.8 Å². The number of ether oxygens (including phenoxy) is 1. The minimum absolute atomic E-state index is 0.574. The maximum atomic E-state index is 10.6. The molecule has 0 aliphatic heterocycles. The Bertz CT molecular complexity index is 380. The normalized spacial score (nSPS) is 9.33. The Morgan fingerprint density at radius 2 is 2.33 bits per heavy atom. The van der Waals surface area contributed by atoms with Gasteiger partial charge in [-0.25, -0.2) is 0 Å². The van der Waals surface area contributed by atoms with Crippen LogP contribution in [0.1, 0.15) is 23.2 Å². The first-order valence-electron chi connectivity index (χ1n) is 4.59. The molecule has 0 aliphatic rings. The van der Waals surface area contributed by atoms with E-state index in [2.05, 4.69) is 21.9 Å². The first kappa shape index (κ1) is 11.8. The number of unbranched alkanes of at least 4 members (excludes halogenated alkanes) is 1. The Balaban J connectivity index is 2.55. The van der Waals surface area contributed by atoms with Crippen molar-refractivity contribution < 1.29 is 9.53 Å². The third-order valence-corrected chi connectivity index (χ3v) is 2.55. The number of halogens is 1. The molecule has 0 aromatic heterocycles. The van der Waals surface area contributed by atoms with Crippen molar-refractivity contribution in [3.8, 4) is 18.1 Å². The predicted molar refractivity (Wildman–Crippen MR) is 63.1 cm³/mol. The van der Waals surface area contributed by atoms with Gasteiger partial charge in [0, 0.05) is 16.5 Å². The van der Waals surface area contributed by atoms with E-state index in [1.807, 2.05) is 6.07 Å². The fourth-order valence-electron chi connectivity index (χ4n) is 1.07. The second-order valence-corrected chi connectivity index (χ2v) is 3.81. The summed E-state index contributed by atoms with van der Waals surface area (Å²) in [5, 5.41) is 0. The van der Waals surface area contributed by atoms with E-state index in [0.717, 1.165) is 17.2 Å². The highest BCUT2D eigenvalue weighted by Gasteiger charge is 2.00. The van der Waals surface area contributed by atoms with Gasteiger partial charge in [0.25, 0.3) is 0 Å². The van der Waals surface area contributed by atoms with Crippen LogP contribution in [-0.2, 0) is 0 Å². The summed E-state index contributed by atoms with van der Waals surface area (Å²) in [6, 6.07) is 5.31. The van der Waals surface area contributed by atoms with Gasteiger partial charge in [0.05, 0.1) is 6.61 Å². The van der Waals surface area contributed by atoms with Gasteiger partial charge in [-0.05, 0) is 24.6 Å². The lowest BCUT2D eigenvalue weighted by atomic mass is 10.2. The largest absolute Gasteiger partial charge is 0.494 e. The molecule has 3 heteroatoms. The van der Waals surface area contributed by atoms with Gasteiger partial charge in [0.2, 0.25) is 0 Å². The number of aldehydes is 1. The molecule has 15 heavy (non-hydrogen) atoms. The van der Waals surface area contributed by atoms with Gasteiger partial charge in [-0.1, -0.05) is 15.9 Å². The van der Waals surface area contributed by atoms with Crippen LogP contribution in [0.25, 0.3) is 0 Å². The lowest BCUT2D eigenvalue weighted by Crippen LogP contribution is -1.97. The molecule has 0 spiro atoms. The summed E-state index contributed by atoms with van der Waals surface area (Å²) in [5.41, 5.74) is 0.587. The van der Waals surface area contributed by atoms with Crippen molar-refractivity contribution in [2.75, 3.05) is 6.61 Å². The van der Waals surface area contributed by atoms with Crippen LogP contribution in [-0.4, -0.2) is 12.9 Å². The average molecular weight is 267 g/mol. The maximum Gasteiger partial charge on any atom is 0.151 e. The fraction of sp³-hybridized carbons (Fsp3) is 0.250. The molecule has 1 rings (SSSR count). The summed E-state index contributed by atoms with van der Waals surface area (Å²) in [6.45, 7) is 0.574. The third-order valence-electron chi connectivity index (χ3n) is 1.83. The first-order valence-corrected chi connectivity index (χ1v) is 5.38. The number of benzene rings is 1. The Hall–Kier alpha value is -1.27. The molecular weight excluding hydrogens is 256 g/mol. The van der Waals surface area contributed by atoms with E-state index in [4.69, 9.17) is 11.2 Å². The van der Waals surface area contributed by atoms with Crippen LogP contribution in [0.5, 0.6) is 5.75 Å². The number of rotatable bonds is 5. The molecule has 0 bridgehead atoms. The molecule has 0 fully saturated rings. The highest BCUT2D eigenvalue weighted by molar-refractivity contribution is 9.10. The minimum Gasteiger partial charge on any atom is -0.494 e. The number of hydrogen-bond acceptors (Lipinski definition) is 2. The van der Waals surface area contributed by atoms with Gasteiger partial charge < -0.3 is 4.74 Å². The van der Waals surface area contributed by atoms with E-state index in [1.165, 1.54) is 0 Å². The van der Waals surface area contributed by atoms with Crippen molar-refractivity contribution >= 4 is 22.2 Å². The number of carbonyl (C=O) groups excluding carboxylic acids is 1. The topological polar surface area (TPSA) is 26.3 Å². The summed E-state index contributed by atoms with van der Waals surface area (Å²) in [5.74, 6) is 3.23. The van der Waals surface area contributed by atoms with Crippen LogP contribution in [0.2, 0.25) is 0 Å². The van der Waals surface area contributed by atoms with Crippen LogP contribution >= 0.6 is 15.9 Å². The molecule has 0 unspecified atom stereocenters. The maximum absolute atomic E-state index is 10.6. The summed E-state index contributed by atoms with van der Waals surface area (Å²) in [7, 11) is 0. The first-order chi connectivity index (χ1) is 7.27. The Morgan fingerprint density at radius 1 is 1.53 bits per heavy atom. The van der Waals surface area contributed by atoms with E-state index in [0.29, 0.717) is 24.3 Å². The van der Waals surface area contributed by atoms with Crippen LogP contribution in [0.3, 0.4) is 0 Å². The van der Waals surface area contributed by atoms with E-state index >= 15 is 0 Å². The smallest absolute Gasteiger partial charge is 0.151 e. The van der Waals surface area contributed by atoms with E-state index in [1.54, 1.807) is 12.1 Å². The number of terminal acetylenes is 1. The molecule has 2 nitrogen and oxygen atoms in total. The van der Waals surface area contributed by atoms with Crippen LogP contribution in [0, 0.1) is 12.3 Å². The molecule has 78 valence electrons. The Morgan fingerprint density at radius 3 is 3.00 bits per heavy atom. The van der Waals surface area contributed by atoms with Gasteiger partial charge in [0.15, 0.2) is 6.29 Å². The van der Waals surface area contributed by atoms with Crippen molar-refractivity contribution in [2.24, 2.45) is 0 Å². The highest BCUT2D eigenvalue weighted by Crippen LogP contribution is 2.21. The van der Waals surface area contributed by atoms with Gasteiger partial charge in [-0.3, -0.25) is 4.79 Å². The monoisotopic (exact) mass is 266 g/mol. The number of hydrogen-bond donors (Lipinski definition) is 0. The van der Waals surface area contributed by atoms with E-state index < -0.39 is 0 Å². The zero-order valence-electron chi connectivity index (χ0n) is 8.20. The third kappa shape index (κ3) is 3.77. The van der Waals surface area contributed by atoms with Crippen LogP contribution in [0.15, 0.2) is 22.7 Å². The van der Waals surface area contributed by atoms with Crippen molar-refractivity contribution in [1.82, 2.24) is 0 Å². The molecule has 1 aromatic rings. The molecule has 0 aliphatic carbocycles. The standard InChI is InChI=1S/C12H11BrO2/c1-2-3-4-7-15-11-5-6-12(13)10(8-11)9-14/h1,5-6,8-9H,3-4,7H2. The molecule has 0 saturated heterocycles. The van der Waals surface area contributed by atoms with Crippen molar-refractivity contribution in [3.05, 3.63) is 28.2 Å². The minimum atomic E-state index is 0.574. The summed E-state index contributed by atoms with van der Waals surface area (Å²) < 4.78 is 6.20.